The molecule has 1 heterocycles. The summed E-state index contributed by atoms with van der Waals surface area (Å²) in [5.74, 6) is -2.10. The summed E-state index contributed by atoms with van der Waals surface area (Å²) in [6, 6.07) is 9.95. The first kappa shape index (κ1) is 19.4. The number of nitrogens with zero attached hydrogens (tertiary/aromatic N) is 1. The predicted molar refractivity (Wildman–Crippen MR) is 91.6 cm³/mol. The van der Waals surface area contributed by atoms with Gasteiger partial charge in [0.05, 0.1) is 17.5 Å². The third kappa shape index (κ3) is 4.30. The van der Waals surface area contributed by atoms with Gasteiger partial charge in [-0.15, -0.1) is 0 Å². The van der Waals surface area contributed by atoms with E-state index in [9.17, 15) is 27.5 Å². The maximum Gasteiger partial charge on any atom is 0.416 e. The van der Waals surface area contributed by atoms with E-state index in [4.69, 9.17) is 0 Å². The number of aliphatic carboxylic acids is 1. The number of halogens is 4. The molecule has 2 unspecified atom stereocenters. The number of piperidine rings is 1. The molecule has 3 rings (SSSR count). The van der Waals surface area contributed by atoms with E-state index >= 15 is 0 Å². The first-order valence-electron chi connectivity index (χ1n) is 8.66. The highest BCUT2D eigenvalue weighted by atomic mass is 19.4. The molecule has 1 N–H and O–H groups in total. The van der Waals surface area contributed by atoms with Crippen LogP contribution in [0.25, 0.3) is 0 Å². The summed E-state index contributed by atoms with van der Waals surface area (Å²) < 4.78 is 54.0. The fraction of sp³-hybridized carbons (Fsp3) is 0.350. The molecular formula is C20H19F4NO2. The molecule has 2 aromatic rings. The van der Waals surface area contributed by atoms with Gasteiger partial charge in [0.15, 0.2) is 0 Å². The summed E-state index contributed by atoms with van der Waals surface area (Å²) in [5.41, 5.74) is -0.281. The summed E-state index contributed by atoms with van der Waals surface area (Å²) in [5, 5.41) is 9.33. The van der Waals surface area contributed by atoms with Crippen molar-refractivity contribution in [3.05, 3.63) is 71.0 Å². The van der Waals surface area contributed by atoms with Crippen molar-refractivity contribution in [2.75, 3.05) is 13.1 Å². The molecule has 1 fully saturated rings. The van der Waals surface area contributed by atoms with E-state index in [0.29, 0.717) is 24.9 Å². The number of hydrogen-bond donors (Lipinski definition) is 1. The molecule has 2 aromatic carbocycles. The van der Waals surface area contributed by atoms with Crippen molar-refractivity contribution in [2.45, 2.75) is 25.1 Å². The molecule has 0 radical (unpaired) electrons. The second kappa shape index (κ2) is 7.68. The van der Waals surface area contributed by atoms with Crippen molar-refractivity contribution in [1.29, 1.82) is 0 Å². The largest absolute Gasteiger partial charge is 0.481 e. The lowest BCUT2D eigenvalue weighted by molar-refractivity contribution is -0.143. The van der Waals surface area contributed by atoms with Crippen molar-refractivity contribution in [1.82, 2.24) is 4.90 Å². The Labute approximate surface area is 154 Å². The summed E-state index contributed by atoms with van der Waals surface area (Å²) in [6.07, 6.45) is -3.43. The molecule has 3 nitrogen and oxygen atoms in total. The number of hydrogen-bond acceptors (Lipinski definition) is 2. The van der Waals surface area contributed by atoms with Crippen LogP contribution in [0.1, 0.15) is 35.6 Å². The van der Waals surface area contributed by atoms with Crippen LogP contribution in [0.4, 0.5) is 17.6 Å². The second-order valence-corrected chi connectivity index (χ2v) is 6.72. The molecule has 0 spiro atoms. The lowest BCUT2D eigenvalue weighted by atomic mass is 9.90. The third-order valence-electron chi connectivity index (χ3n) is 4.90. The van der Waals surface area contributed by atoms with Crippen molar-refractivity contribution in [3.63, 3.8) is 0 Å². The van der Waals surface area contributed by atoms with Gasteiger partial charge in [-0.25, -0.2) is 4.39 Å². The minimum absolute atomic E-state index is 0.157. The van der Waals surface area contributed by atoms with Gasteiger partial charge in [-0.1, -0.05) is 30.3 Å². The Hall–Kier alpha value is -2.41. The molecule has 27 heavy (non-hydrogen) atoms. The van der Waals surface area contributed by atoms with Gasteiger partial charge in [-0.05, 0) is 43.1 Å². The Kier molecular flexibility index (Phi) is 5.51. The SMILES string of the molecule is O=C(O)C1CCCN(C(c2cccc(C(F)(F)F)c2)c2ccccc2F)C1. The van der Waals surface area contributed by atoms with Crippen LogP contribution in [0.15, 0.2) is 48.5 Å². The smallest absolute Gasteiger partial charge is 0.416 e. The molecular weight excluding hydrogens is 362 g/mol. The highest BCUT2D eigenvalue weighted by Crippen LogP contribution is 2.37. The molecule has 0 aliphatic carbocycles. The summed E-state index contributed by atoms with van der Waals surface area (Å²) in [7, 11) is 0. The Morgan fingerprint density at radius 1 is 1.15 bits per heavy atom. The van der Waals surface area contributed by atoms with Crippen LogP contribution >= 0.6 is 0 Å². The van der Waals surface area contributed by atoms with Crippen LogP contribution < -0.4 is 0 Å². The van der Waals surface area contributed by atoms with Crippen molar-refractivity contribution in [2.24, 2.45) is 5.92 Å². The quantitative estimate of drug-likeness (QED) is 0.779. The monoisotopic (exact) mass is 381 g/mol. The molecule has 1 aliphatic rings. The zero-order chi connectivity index (χ0) is 19.6. The molecule has 0 bridgehead atoms. The van der Waals surface area contributed by atoms with E-state index in [1.807, 2.05) is 0 Å². The molecule has 1 saturated heterocycles. The van der Waals surface area contributed by atoms with Crippen LogP contribution in [0.2, 0.25) is 0 Å². The first-order chi connectivity index (χ1) is 12.8. The minimum atomic E-state index is -4.51. The number of carboxylic acids is 1. The van der Waals surface area contributed by atoms with Gasteiger partial charge in [0.1, 0.15) is 5.82 Å². The van der Waals surface area contributed by atoms with Gasteiger partial charge in [-0.2, -0.15) is 13.2 Å². The number of alkyl halides is 3. The molecule has 0 amide bonds. The number of carboxylic acid groups (broad SMARTS) is 1. The Bertz CT molecular complexity index is 822. The van der Waals surface area contributed by atoms with Crippen LogP contribution in [0.5, 0.6) is 0 Å². The molecule has 144 valence electrons. The van der Waals surface area contributed by atoms with E-state index in [-0.39, 0.29) is 12.1 Å². The van der Waals surface area contributed by atoms with Gasteiger partial charge < -0.3 is 5.11 Å². The fourth-order valence-electron chi connectivity index (χ4n) is 3.61. The average molecular weight is 381 g/mol. The normalized spacial score (nSPS) is 19.6. The molecule has 1 aliphatic heterocycles. The fourth-order valence-corrected chi connectivity index (χ4v) is 3.61. The van der Waals surface area contributed by atoms with E-state index in [0.717, 1.165) is 12.1 Å². The average Bonchev–Trinajstić information content (AvgIpc) is 2.63. The Morgan fingerprint density at radius 2 is 1.89 bits per heavy atom. The number of carbonyl (C=O) groups is 1. The first-order valence-corrected chi connectivity index (χ1v) is 8.66. The van der Waals surface area contributed by atoms with Gasteiger partial charge in [0.25, 0.3) is 0 Å². The number of rotatable bonds is 4. The van der Waals surface area contributed by atoms with E-state index in [2.05, 4.69) is 0 Å². The van der Waals surface area contributed by atoms with Crippen LogP contribution in [-0.2, 0) is 11.0 Å². The maximum absolute atomic E-state index is 14.5. The standard InChI is InChI=1S/C20H19F4NO2/c21-17-9-2-1-8-16(17)18(25-10-4-6-14(12-25)19(26)27)13-5-3-7-15(11-13)20(22,23)24/h1-3,5,7-9,11,14,18H,4,6,10,12H2,(H,26,27). The summed E-state index contributed by atoms with van der Waals surface area (Å²) in [6.45, 7) is 0.642. The Morgan fingerprint density at radius 3 is 2.56 bits per heavy atom. The highest BCUT2D eigenvalue weighted by molar-refractivity contribution is 5.70. The molecule has 0 aromatic heterocycles. The van der Waals surface area contributed by atoms with Gasteiger partial charge in [-0.3, -0.25) is 9.69 Å². The number of likely N-dealkylation sites (tertiary alicyclic amines) is 1. The zero-order valence-corrected chi connectivity index (χ0v) is 14.4. The van der Waals surface area contributed by atoms with Crippen LogP contribution in [0, 0.1) is 11.7 Å². The molecule has 7 heteroatoms. The summed E-state index contributed by atoms with van der Waals surface area (Å²) >= 11 is 0. The molecule has 0 saturated carbocycles. The van der Waals surface area contributed by atoms with Gasteiger partial charge in [0, 0.05) is 12.1 Å². The lowest BCUT2D eigenvalue weighted by Gasteiger charge is -2.37. The highest BCUT2D eigenvalue weighted by Gasteiger charge is 2.35. The topological polar surface area (TPSA) is 40.5 Å². The zero-order valence-electron chi connectivity index (χ0n) is 14.4. The van der Waals surface area contributed by atoms with Gasteiger partial charge >= 0.3 is 12.1 Å². The van der Waals surface area contributed by atoms with Crippen LogP contribution in [-0.4, -0.2) is 29.1 Å². The van der Waals surface area contributed by atoms with Crippen LogP contribution in [0.3, 0.4) is 0 Å². The minimum Gasteiger partial charge on any atom is -0.481 e. The van der Waals surface area contributed by atoms with Gasteiger partial charge in [0.2, 0.25) is 0 Å². The van der Waals surface area contributed by atoms with Crippen molar-refractivity contribution >= 4 is 5.97 Å². The second-order valence-electron chi connectivity index (χ2n) is 6.72. The summed E-state index contributed by atoms with van der Waals surface area (Å²) in [4.78, 5) is 13.2. The number of benzene rings is 2. The third-order valence-corrected chi connectivity index (χ3v) is 4.90. The predicted octanol–water partition coefficient (Wildman–Crippen LogP) is 4.73. The van der Waals surface area contributed by atoms with E-state index < -0.39 is 35.5 Å². The molecule has 2 atom stereocenters. The maximum atomic E-state index is 14.5. The van der Waals surface area contributed by atoms with E-state index in [1.54, 1.807) is 11.0 Å². The van der Waals surface area contributed by atoms with Crippen molar-refractivity contribution in [3.8, 4) is 0 Å². The van der Waals surface area contributed by atoms with Crippen molar-refractivity contribution < 1.29 is 27.5 Å². The van der Waals surface area contributed by atoms with E-state index in [1.165, 1.54) is 30.3 Å². The Balaban J connectivity index is 2.06. The lowest BCUT2D eigenvalue weighted by Crippen LogP contribution is -2.41.